The van der Waals surface area contributed by atoms with Crippen molar-refractivity contribution in [3.63, 3.8) is 0 Å². The fourth-order valence-corrected chi connectivity index (χ4v) is 6.31. The predicted octanol–water partition coefficient (Wildman–Crippen LogP) is 6.61. The van der Waals surface area contributed by atoms with Gasteiger partial charge in [-0.25, -0.2) is 9.99 Å². The number of carbonyl (C=O) groups excluding carboxylic acids is 2. The van der Waals surface area contributed by atoms with Crippen molar-refractivity contribution in [3.8, 4) is 0 Å². The molecule has 1 aliphatic heterocycles. The first-order chi connectivity index (χ1) is 18.9. The Morgan fingerprint density at radius 3 is 2.77 bits per heavy atom. The minimum absolute atomic E-state index is 0.00798. The minimum atomic E-state index is -0.511. The monoisotopic (exact) mass is 578 g/mol. The molecule has 4 aromatic rings. The SMILES string of the molecule is O=C(Cc1cn2ccsc2n1)OCC(=O)N1N=C2C(=Cc3cccc(Cl)c3)CCCC2C1c1ccc(Cl)cc1. The van der Waals surface area contributed by atoms with Crippen LogP contribution in [0.4, 0.5) is 0 Å². The number of hydrazone groups is 1. The number of aromatic nitrogens is 2. The number of amides is 1. The highest BCUT2D eigenvalue weighted by Gasteiger charge is 2.43. The van der Waals surface area contributed by atoms with Gasteiger partial charge in [-0.2, -0.15) is 5.10 Å². The van der Waals surface area contributed by atoms with Crippen molar-refractivity contribution < 1.29 is 14.3 Å². The van der Waals surface area contributed by atoms with E-state index in [9.17, 15) is 9.59 Å². The first kappa shape index (κ1) is 25.8. The molecule has 2 atom stereocenters. The van der Waals surface area contributed by atoms with Gasteiger partial charge in [0.05, 0.1) is 23.9 Å². The quantitative estimate of drug-likeness (QED) is 0.241. The molecule has 1 fully saturated rings. The van der Waals surface area contributed by atoms with Crippen molar-refractivity contribution in [1.29, 1.82) is 0 Å². The molecule has 2 aromatic carbocycles. The van der Waals surface area contributed by atoms with E-state index in [2.05, 4.69) is 11.1 Å². The molecule has 1 saturated carbocycles. The molecule has 2 aromatic heterocycles. The average Bonchev–Trinajstić information content (AvgIpc) is 3.62. The Kier molecular flexibility index (Phi) is 7.25. The van der Waals surface area contributed by atoms with E-state index >= 15 is 0 Å². The van der Waals surface area contributed by atoms with Gasteiger partial charge in [-0.3, -0.25) is 14.0 Å². The molecule has 198 valence electrons. The van der Waals surface area contributed by atoms with Gasteiger partial charge in [-0.05, 0) is 66.3 Å². The zero-order chi connectivity index (χ0) is 26.9. The van der Waals surface area contributed by atoms with Gasteiger partial charge < -0.3 is 4.74 Å². The second-order valence-electron chi connectivity index (χ2n) is 9.61. The molecule has 0 N–H and O–H groups in total. The van der Waals surface area contributed by atoms with E-state index in [0.29, 0.717) is 15.7 Å². The zero-order valence-corrected chi connectivity index (χ0v) is 23.1. The van der Waals surface area contributed by atoms with Crippen LogP contribution in [-0.2, 0) is 20.7 Å². The van der Waals surface area contributed by atoms with Crippen molar-refractivity contribution in [2.45, 2.75) is 31.7 Å². The number of thiazole rings is 1. The van der Waals surface area contributed by atoms with E-state index < -0.39 is 12.6 Å². The highest BCUT2D eigenvalue weighted by Crippen LogP contribution is 2.44. The number of hydrogen-bond acceptors (Lipinski definition) is 6. The highest BCUT2D eigenvalue weighted by molar-refractivity contribution is 7.15. The number of allylic oxidation sites excluding steroid dienone is 1. The third-order valence-corrected chi connectivity index (χ3v) is 8.24. The van der Waals surface area contributed by atoms with Crippen LogP contribution in [0.2, 0.25) is 10.0 Å². The Hall–Kier alpha value is -3.46. The summed E-state index contributed by atoms with van der Waals surface area (Å²) in [5.74, 6) is -0.871. The number of hydrogen-bond donors (Lipinski definition) is 0. The number of esters is 1. The van der Waals surface area contributed by atoms with Gasteiger partial charge in [0.1, 0.15) is 0 Å². The van der Waals surface area contributed by atoms with Crippen LogP contribution >= 0.6 is 34.5 Å². The standard InChI is InChI=1S/C29H24Cl2N4O3S/c30-21-9-7-19(8-10-21)28-24-6-2-4-20(13-18-3-1-5-22(31)14-18)27(24)33-35(28)25(36)17-38-26(37)15-23-16-34-11-12-39-29(34)32-23/h1,3,5,7-14,16,24,28H,2,4,6,15,17H2. The van der Waals surface area contributed by atoms with Crippen molar-refractivity contribution in [1.82, 2.24) is 14.4 Å². The van der Waals surface area contributed by atoms with Crippen LogP contribution in [0.5, 0.6) is 0 Å². The lowest BCUT2D eigenvalue weighted by atomic mass is 9.77. The molecular formula is C29H24Cl2N4O3S. The van der Waals surface area contributed by atoms with E-state index in [4.69, 9.17) is 33.0 Å². The predicted molar refractivity (Wildman–Crippen MR) is 153 cm³/mol. The average molecular weight is 580 g/mol. The summed E-state index contributed by atoms with van der Waals surface area (Å²) in [5.41, 5.74) is 4.49. The number of imidazole rings is 1. The van der Waals surface area contributed by atoms with Gasteiger partial charge >= 0.3 is 5.97 Å². The van der Waals surface area contributed by atoms with Gasteiger partial charge in [0.2, 0.25) is 0 Å². The van der Waals surface area contributed by atoms with Crippen LogP contribution in [0.3, 0.4) is 0 Å². The topological polar surface area (TPSA) is 76.3 Å². The smallest absolute Gasteiger partial charge is 0.312 e. The third kappa shape index (κ3) is 5.50. The van der Waals surface area contributed by atoms with Gasteiger partial charge in [-0.1, -0.05) is 47.5 Å². The molecule has 7 nitrogen and oxygen atoms in total. The van der Waals surface area contributed by atoms with Gasteiger partial charge in [0.15, 0.2) is 11.6 Å². The van der Waals surface area contributed by atoms with Gasteiger partial charge in [0, 0.05) is 33.7 Å². The number of carbonyl (C=O) groups is 2. The maximum atomic E-state index is 13.5. The molecule has 0 radical (unpaired) electrons. The van der Waals surface area contributed by atoms with Crippen LogP contribution in [0.1, 0.15) is 42.1 Å². The fourth-order valence-electron chi connectivity index (χ4n) is 5.27. The molecule has 10 heteroatoms. The van der Waals surface area contributed by atoms with Crippen molar-refractivity contribution >= 4 is 63.2 Å². The zero-order valence-electron chi connectivity index (χ0n) is 20.8. The molecule has 39 heavy (non-hydrogen) atoms. The molecule has 6 rings (SSSR count). The van der Waals surface area contributed by atoms with E-state index in [1.807, 2.05) is 64.5 Å². The summed E-state index contributed by atoms with van der Waals surface area (Å²) in [7, 11) is 0. The van der Waals surface area contributed by atoms with Crippen LogP contribution in [0.25, 0.3) is 11.0 Å². The van der Waals surface area contributed by atoms with Crippen molar-refractivity contribution in [2.24, 2.45) is 11.0 Å². The molecule has 3 heterocycles. The molecular weight excluding hydrogens is 555 g/mol. The first-order valence-corrected chi connectivity index (χ1v) is 14.3. The maximum Gasteiger partial charge on any atom is 0.312 e. The van der Waals surface area contributed by atoms with Crippen LogP contribution < -0.4 is 0 Å². The molecule has 1 amide bonds. The number of rotatable bonds is 6. The van der Waals surface area contributed by atoms with E-state index in [1.165, 1.54) is 16.3 Å². The second-order valence-corrected chi connectivity index (χ2v) is 11.4. The number of nitrogens with zero attached hydrogens (tertiary/aromatic N) is 4. The number of ether oxygens (including phenoxy) is 1. The number of halogens is 2. The molecule has 2 aliphatic rings. The Morgan fingerprint density at radius 2 is 1.97 bits per heavy atom. The van der Waals surface area contributed by atoms with E-state index in [0.717, 1.165) is 46.6 Å². The van der Waals surface area contributed by atoms with Gasteiger partial charge in [0.25, 0.3) is 5.91 Å². The third-order valence-electron chi connectivity index (χ3n) is 6.98. The Labute approximate surface area is 239 Å². The normalized spacial score (nSPS) is 19.8. The summed E-state index contributed by atoms with van der Waals surface area (Å²) in [6.07, 6.45) is 8.47. The number of benzene rings is 2. The highest BCUT2D eigenvalue weighted by atomic mass is 35.5. The summed E-state index contributed by atoms with van der Waals surface area (Å²) < 4.78 is 7.24. The molecule has 0 spiro atoms. The van der Waals surface area contributed by atoms with Crippen LogP contribution in [0, 0.1) is 5.92 Å². The summed E-state index contributed by atoms with van der Waals surface area (Å²) in [6, 6.07) is 14.8. The molecule has 2 unspecified atom stereocenters. The first-order valence-electron chi connectivity index (χ1n) is 12.6. The lowest BCUT2D eigenvalue weighted by Crippen LogP contribution is -2.34. The van der Waals surface area contributed by atoms with Crippen molar-refractivity contribution in [3.05, 3.63) is 98.7 Å². The number of fused-ring (bicyclic) bond motifs is 2. The maximum absolute atomic E-state index is 13.5. The fraction of sp³-hybridized carbons (Fsp3) is 0.241. The van der Waals surface area contributed by atoms with E-state index in [1.54, 1.807) is 6.20 Å². The Morgan fingerprint density at radius 1 is 1.13 bits per heavy atom. The molecule has 0 bridgehead atoms. The van der Waals surface area contributed by atoms with E-state index in [-0.39, 0.29) is 24.3 Å². The van der Waals surface area contributed by atoms with Crippen molar-refractivity contribution in [2.75, 3.05) is 6.61 Å². The van der Waals surface area contributed by atoms with Gasteiger partial charge in [-0.15, -0.1) is 11.3 Å². The molecule has 1 aliphatic carbocycles. The van der Waals surface area contributed by atoms with Crippen LogP contribution in [-0.4, -0.2) is 38.6 Å². The minimum Gasteiger partial charge on any atom is -0.455 e. The summed E-state index contributed by atoms with van der Waals surface area (Å²) in [6.45, 7) is -0.401. The largest absolute Gasteiger partial charge is 0.455 e. The summed E-state index contributed by atoms with van der Waals surface area (Å²) in [5, 5.41) is 9.53. The summed E-state index contributed by atoms with van der Waals surface area (Å²) in [4.78, 5) is 31.2. The Bertz CT molecular complexity index is 1580. The Balaban J connectivity index is 1.24. The second kappa shape index (κ2) is 11.0. The lowest BCUT2D eigenvalue weighted by Gasteiger charge is -2.29. The van der Waals surface area contributed by atoms with Crippen LogP contribution in [0.15, 0.2) is 77.0 Å². The summed E-state index contributed by atoms with van der Waals surface area (Å²) >= 11 is 13.9. The molecule has 0 saturated heterocycles. The lowest BCUT2D eigenvalue weighted by molar-refractivity contribution is -0.152.